The van der Waals surface area contributed by atoms with Crippen molar-refractivity contribution in [2.45, 2.75) is 20.0 Å². The molecule has 1 aliphatic heterocycles. The molecule has 2 heteroatoms. The van der Waals surface area contributed by atoms with Crippen molar-refractivity contribution in [2.75, 3.05) is 26.7 Å². The van der Waals surface area contributed by atoms with Gasteiger partial charge < -0.3 is 9.64 Å². The van der Waals surface area contributed by atoms with E-state index in [1.165, 1.54) is 0 Å². The third-order valence-electron chi connectivity index (χ3n) is 2.04. The predicted molar refractivity (Wildman–Crippen MR) is 42.1 cm³/mol. The van der Waals surface area contributed by atoms with Gasteiger partial charge in [0.25, 0.3) is 0 Å². The molecule has 1 fully saturated rings. The first-order valence-electron chi connectivity index (χ1n) is 4.00. The monoisotopic (exact) mass is 143 g/mol. The maximum atomic E-state index is 5.57. The summed E-state index contributed by atoms with van der Waals surface area (Å²) in [5, 5.41) is 0. The minimum Gasteiger partial charge on any atom is -0.375 e. The molecule has 60 valence electrons. The van der Waals surface area contributed by atoms with Crippen molar-refractivity contribution in [3.8, 4) is 0 Å². The summed E-state index contributed by atoms with van der Waals surface area (Å²) in [6, 6.07) is 0. The van der Waals surface area contributed by atoms with Crippen molar-refractivity contribution >= 4 is 0 Å². The van der Waals surface area contributed by atoms with Crippen LogP contribution in [-0.2, 0) is 4.74 Å². The number of likely N-dealkylation sites (N-methyl/N-ethyl adjacent to an activating group) is 1. The van der Waals surface area contributed by atoms with Crippen molar-refractivity contribution in [2.24, 2.45) is 5.92 Å². The number of hydrogen-bond donors (Lipinski definition) is 0. The summed E-state index contributed by atoms with van der Waals surface area (Å²) < 4.78 is 5.57. The molecular weight excluding hydrogens is 126 g/mol. The number of ether oxygens (including phenoxy) is 1. The third kappa shape index (κ3) is 1.96. The summed E-state index contributed by atoms with van der Waals surface area (Å²) in [5.74, 6) is 0.655. The summed E-state index contributed by atoms with van der Waals surface area (Å²) in [6.45, 7) is 7.51. The van der Waals surface area contributed by atoms with Crippen molar-refractivity contribution in [3.63, 3.8) is 0 Å². The molecule has 1 aliphatic rings. The van der Waals surface area contributed by atoms with Crippen molar-refractivity contribution in [3.05, 3.63) is 0 Å². The van der Waals surface area contributed by atoms with E-state index in [0.29, 0.717) is 12.0 Å². The SMILES string of the molecule is CC(C)C1CN(C)CCO1. The summed E-state index contributed by atoms with van der Waals surface area (Å²) in [5.41, 5.74) is 0. The molecule has 0 aliphatic carbocycles. The fraction of sp³-hybridized carbons (Fsp3) is 1.00. The third-order valence-corrected chi connectivity index (χ3v) is 2.04. The Morgan fingerprint density at radius 1 is 1.50 bits per heavy atom. The lowest BCUT2D eigenvalue weighted by Gasteiger charge is -2.32. The summed E-state index contributed by atoms with van der Waals surface area (Å²) in [6.07, 6.45) is 0.457. The van der Waals surface area contributed by atoms with E-state index in [4.69, 9.17) is 4.74 Å². The molecule has 1 saturated heterocycles. The Bertz CT molecular complexity index is 103. The van der Waals surface area contributed by atoms with Crippen LogP contribution < -0.4 is 0 Å². The van der Waals surface area contributed by atoms with Crippen LogP contribution in [-0.4, -0.2) is 37.7 Å². The molecule has 0 bridgehead atoms. The van der Waals surface area contributed by atoms with Gasteiger partial charge in [-0.25, -0.2) is 0 Å². The zero-order valence-electron chi connectivity index (χ0n) is 7.13. The van der Waals surface area contributed by atoms with E-state index in [0.717, 1.165) is 19.7 Å². The number of rotatable bonds is 1. The van der Waals surface area contributed by atoms with E-state index >= 15 is 0 Å². The minimum atomic E-state index is 0.457. The zero-order chi connectivity index (χ0) is 7.56. The quantitative estimate of drug-likeness (QED) is 0.542. The zero-order valence-corrected chi connectivity index (χ0v) is 7.13. The fourth-order valence-corrected chi connectivity index (χ4v) is 1.21. The molecule has 0 radical (unpaired) electrons. The lowest BCUT2D eigenvalue weighted by atomic mass is 10.1. The maximum absolute atomic E-state index is 5.57. The van der Waals surface area contributed by atoms with Gasteiger partial charge in [-0.3, -0.25) is 0 Å². The first-order chi connectivity index (χ1) is 4.70. The van der Waals surface area contributed by atoms with E-state index in [9.17, 15) is 0 Å². The predicted octanol–water partition coefficient (Wildman–Crippen LogP) is 0.973. The highest BCUT2D eigenvalue weighted by molar-refractivity contribution is 4.70. The molecule has 1 heterocycles. The smallest absolute Gasteiger partial charge is 0.0725 e. The Balaban J connectivity index is 2.32. The molecule has 10 heavy (non-hydrogen) atoms. The second-order valence-electron chi connectivity index (χ2n) is 3.42. The van der Waals surface area contributed by atoms with Gasteiger partial charge in [-0.1, -0.05) is 13.8 Å². The van der Waals surface area contributed by atoms with Crippen molar-refractivity contribution < 1.29 is 4.74 Å². The first-order valence-corrected chi connectivity index (χ1v) is 4.00. The molecule has 0 aromatic heterocycles. The lowest BCUT2D eigenvalue weighted by molar-refractivity contribution is -0.0424. The van der Waals surface area contributed by atoms with Gasteiger partial charge in [-0.2, -0.15) is 0 Å². The minimum absolute atomic E-state index is 0.457. The Morgan fingerprint density at radius 3 is 2.60 bits per heavy atom. The number of nitrogens with zero attached hydrogens (tertiary/aromatic N) is 1. The van der Waals surface area contributed by atoms with Crippen LogP contribution in [0.5, 0.6) is 0 Å². The molecule has 1 unspecified atom stereocenters. The van der Waals surface area contributed by atoms with Gasteiger partial charge in [-0.15, -0.1) is 0 Å². The first kappa shape index (κ1) is 8.02. The molecule has 0 amide bonds. The van der Waals surface area contributed by atoms with Gasteiger partial charge in [0.2, 0.25) is 0 Å². The molecule has 2 nitrogen and oxygen atoms in total. The highest BCUT2D eigenvalue weighted by atomic mass is 16.5. The number of hydrogen-bond acceptors (Lipinski definition) is 2. The van der Waals surface area contributed by atoms with E-state index in [-0.39, 0.29) is 0 Å². The molecule has 0 spiro atoms. The molecule has 0 aromatic carbocycles. The van der Waals surface area contributed by atoms with E-state index in [1.54, 1.807) is 0 Å². The summed E-state index contributed by atoms with van der Waals surface area (Å²) in [4.78, 5) is 2.33. The fourth-order valence-electron chi connectivity index (χ4n) is 1.21. The van der Waals surface area contributed by atoms with Crippen molar-refractivity contribution in [1.82, 2.24) is 4.90 Å². The van der Waals surface area contributed by atoms with Gasteiger partial charge in [-0.05, 0) is 13.0 Å². The standard InChI is InChI=1S/C8H17NO/c1-7(2)8-6-9(3)4-5-10-8/h7-8H,4-6H2,1-3H3. The van der Waals surface area contributed by atoms with Crippen molar-refractivity contribution in [1.29, 1.82) is 0 Å². The number of morpholine rings is 1. The maximum Gasteiger partial charge on any atom is 0.0725 e. The second kappa shape index (κ2) is 3.35. The summed E-state index contributed by atoms with van der Waals surface area (Å²) >= 11 is 0. The lowest BCUT2D eigenvalue weighted by Crippen LogP contribution is -2.42. The molecular formula is C8H17NO. The van der Waals surface area contributed by atoms with Crippen LogP contribution in [0.15, 0.2) is 0 Å². The average Bonchev–Trinajstić information content (AvgIpc) is 1.88. The molecule has 0 aromatic rings. The van der Waals surface area contributed by atoms with Gasteiger partial charge in [0.05, 0.1) is 12.7 Å². The van der Waals surface area contributed by atoms with Crippen LogP contribution in [0.4, 0.5) is 0 Å². The van der Waals surface area contributed by atoms with Crippen LogP contribution in [0, 0.1) is 5.92 Å². The Kier molecular flexibility index (Phi) is 2.69. The van der Waals surface area contributed by atoms with Crippen LogP contribution in [0.1, 0.15) is 13.8 Å². The molecule has 0 N–H and O–H groups in total. The highest BCUT2D eigenvalue weighted by Gasteiger charge is 2.19. The molecule has 0 saturated carbocycles. The summed E-state index contributed by atoms with van der Waals surface area (Å²) in [7, 11) is 2.15. The van der Waals surface area contributed by atoms with Crippen LogP contribution in [0.3, 0.4) is 0 Å². The van der Waals surface area contributed by atoms with Gasteiger partial charge in [0, 0.05) is 13.1 Å². The van der Waals surface area contributed by atoms with Crippen LogP contribution >= 0.6 is 0 Å². The normalized spacial score (nSPS) is 29.4. The van der Waals surface area contributed by atoms with Gasteiger partial charge in [0.1, 0.15) is 0 Å². The molecule has 1 rings (SSSR count). The van der Waals surface area contributed by atoms with E-state index in [1.807, 2.05) is 0 Å². The molecule has 1 atom stereocenters. The van der Waals surface area contributed by atoms with Gasteiger partial charge in [0.15, 0.2) is 0 Å². The average molecular weight is 143 g/mol. The van der Waals surface area contributed by atoms with E-state index < -0.39 is 0 Å². The second-order valence-corrected chi connectivity index (χ2v) is 3.42. The van der Waals surface area contributed by atoms with Gasteiger partial charge >= 0.3 is 0 Å². The largest absolute Gasteiger partial charge is 0.375 e. The Labute approximate surface area is 63.2 Å². The topological polar surface area (TPSA) is 12.5 Å². The Morgan fingerprint density at radius 2 is 2.20 bits per heavy atom. The highest BCUT2D eigenvalue weighted by Crippen LogP contribution is 2.11. The Hall–Kier alpha value is -0.0800. The van der Waals surface area contributed by atoms with E-state index in [2.05, 4.69) is 25.8 Å². The van der Waals surface area contributed by atoms with Crippen LogP contribution in [0.25, 0.3) is 0 Å². The van der Waals surface area contributed by atoms with Crippen LogP contribution in [0.2, 0.25) is 0 Å².